The van der Waals surface area contributed by atoms with Gasteiger partial charge >= 0.3 is 0 Å². The Bertz CT molecular complexity index is 578. The largest absolute Gasteiger partial charge is 0.306 e. The predicted octanol–water partition coefficient (Wildman–Crippen LogP) is 1.03. The van der Waals surface area contributed by atoms with Gasteiger partial charge in [-0.05, 0) is 40.9 Å². The van der Waals surface area contributed by atoms with Crippen LogP contribution in [0.5, 0.6) is 0 Å². The normalized spacial score (nSPS) is 28.7. The van der Waals surface area contributed by atoms with Crippen LogP contribution in [0.15, 0.2) is 27.8 Å². The van der Waals surface area contributed by atoms with Gasteiger partial charge in [0.15, 0.2) is 0 Å². The lowest BCUT2D eigenvalue weighted by Crippen LogP contribution is -2.32. The lowest BCUT2D eigenvalue weighted by molar-refractivity contribution is 0.349. The topological polar surface area (TPSA) is 53.5 Å². The first-order valence-electron chi connectivity index (χ1n) is 6.26. The number of aromatic nitrogens is 1. The molecule has 0 aliphatic carbocycles. The van der Waals surface area contributed by atoms with Crippen molar-refractivity contribution in [3.8, 4) is 0 Å². The van der Waals surface area contributed by atoms with E-state index in [2.05, 4.69) is 32.9 Å². The van der Waals surface area contributed by atoms with E-state index in [1.54, 1.807) is 16.6 Å². The highest BCUT2D eigenvalue weighted by Gasteiger charge is 2.43. The fraction of sp³-hybridized carbons (Fsp3) is 0.583. The van der Waals surface area contributed by atoms with Crippen LogP contribution in [0.2, 0.25) is 0 Å². The van der Waals surface area contributed by atoms with Gasteiger partial charge in [0.1, 0.15) is 4.90 Å². The summed E-state index contributed by atoms with van der Waals surface area (Å²) in [6, 6.07) is 1.61. The molecule has 0 N–H and O–H groups in total. The minimum absolute atomic E-state index is 0.273. The van der Waals surface area contributed by atoms with Gasteiger partial charge in [-0.2, -0.15) is 4.31 Å². The van der Waals surface area contributed by atoms with Crippen molar-refractivity contribution in [2.75, 3.05) is 33.2 Å². The first-order chi connectivity index (χ1) is 8.96. The van der Waals surface area contributed by atoms with E-state index in [4.69, 9.17) is 0 Å². The molecule has 3 rings (SSSR count). The van der Waals surface area contributed by atoms with E-state index < -0.39 is 10.0 Å². The van der Waals surface area contributed by atoms with Crippen molar-refractivity contribution < 1.29 is 8.42 Å². The van der Waals surface area contributed by atoms with Gasteiger partial charge in [-0.25, -0.2) is 8.42 Å². The summed E-state index contributed by atoms with van der Waals surface area (Å²) >= 11 is 3.27. The average molecular weight is 346 g/mol. The highest BCUT2D eigenvalue weighted by molar-refractivity contribution is 9.10. The second kappa shape index (κ2) is 4.80. The van der Waals surface area contributed by atoms with Crippen molar-refractivity contribution in [3.63, 3.8) is 0 Å². The van der Waals surface area contributed by atoms with E-state index in [9.17, 15) is 8.42 Å². The van der Waals surface area contributed by atoms with E-state index in [1.165, 1.54) is 6.20 Å². The summed E-state index contributed by atoms with van der Waals surface area (Å²) in [7, 11) is -1.31. The molecule has 5 nitrogen and oxygen atoms in total. The minimum atomic E-state index is -3.40. The van der Waals surface area contributed by atoms with Gasteiger partial charge in [-0.15, -0.1) is 0 Å². The van der Waals surface area contributed by atoms with Crippen LogP contribution in [0.25, 0.3) is 0 Å². The lowest BCUT2D eigenvalue weighted by Gasteiger charge is -2.19. The molecule has 0 amide bonds. The summed E-state index contributed by atoms with van der Waals surface area (Å²) in [6.45, 7) is 3.24. The van der Waals surface area contributed by atoms with Crippen LogP contribution in [0.1, 0.15) is 0 Å². The number of likely N-dealkylation sites (tertiary alicyclic amines) is 1. The summed E-state index contributed by atoms with van der Waals surface area (Å²) in [5, 5.41) is 0. The third kappa shape index (κ3) is 2.44. The van der Waals surface area contributed by atoms with Gasteiger partial charge in [0, 0.05) is 43.0 Å². The molecule has 2 saturated heterocycles. The molecule has 2 aliphatic heterocycles. The molecule has 0 saturated carbocycles. The van der Waals surface area contributed by atoms with Crippen LogP contribution in [-0.2, 0) is 10.0 Å². The van der Waals surface area contributed by atoms with Crippen LogP contribution in [0, 0.1) is 11.8 Å². The molecule has 3 heterocycles. The molecule has 1 aromatic rings. The number of halogens is 1. The molecule has 0 spiro atoms. The Kier molecular flexibility index (Phi) is 3.41. The van der Waals surface area contributed by atoms with Gasteiger partial charge in [0.2, 0.25) is 10.0 Å². The smallest absolute Gasteiger partial charge is 0.244 e. The molecule has 1 aromatic heterocycles. The van der Waals surface area contributed by atoms with E-state index in [-0.39, 0.29) is 4.90 Å². The van der Waals surface area contributed by atoms with Crippen molar-refractivity contribution in [1.29, 1.82) is 0 Å². The second-order valence-electron chi connectivity index (χ2n) is 5.40. The Morgan fingerprint density at radius 3 is 2.42 bits per heavy atom. The number of rotatable bonds is 2. The highest BCUT2D eigenvalue weighted by Crippen LogP contribution is 2.33. The standard InChI is InChI=1S/C12H16BrN3O2S/c1-15-5-9-7-16(8-10(9)6-15)19(17,18)12-2-11(13)3-14-4-12/h2-4,9-10H,5-8H2,1H3/t9-,10+. The summed E-state index contributed by atoms with van der Waals surface area (Å²) in [5.74, 6) is 0.944. The molecule has 19 heavy (non-hydrogen) atoms. The second-order valence-corrected chi connectivity index (χ2v) is 8.26. The van der Waals surface area contributed by atoms with Crippen molar-refractivity contribution in [1.82, 2.24) is 14.2 Å². The first-order valence-corrected chi connectivity index (χ1v) is 8.49. The fourth-order valence-electron chi connectivity index (χ4n) is 3.06. The fourth-order valence-corrected chi connectivity index (χ4v) is 5.12. The third-order valence-corrected chi connectivity index (χ3v) is 6.18. The Morgan fingerprint density at radius 1 is 1.21 bits per heavy atom. The van der Waals surface area contributed by atoms with Crippen molar-refractivity contribution in [2.24, 2.45) is 11.8 Å². The maximum absolute atomic E-state index is 12.6. The molecule has 0 radical (unpaired) electrons. The third-order valence-electron chi connectivity index (χ3n) is 3.95. The van der Waals surface area contributed by atoms with E-state index in [0.717, 1.165) is 13.1 Å². The molecule has 104 valence electrons. The average Bonchev–Trinajstić information content (AvgIpc) is 2.86. The molecule has 0 bridgehead atoms. The molecule has 0 unspecified atom stereocenters. The number of hydrogen-bond donors (Lipinski definition) is 0. The van der Waals surface area contributed by atoms with E-state index in [1.807, 2.05) is 0 Å². The van der Waals surface area contributed by atoms with Crippen LogP contribution in [0.4, 0.5) is 0 Å². The molecule has 2 atom stereocenters. The Balaban J connectivity index is 1.83. The summed E-state index contributed by atoms with van der Waals surface area (Å²) in [6.07, 6.45) is 3.01. The van der Waals surface area contributed by atoms with Gasteiger partial charge < -0.3 is 4.90 Å². The summed E-state index contributed by atoms with van der Waals surface area (Å²) in [5.41, 5.74) is 0. The van der Waals surface area contributed by atoms with Crippen LogP contribution in [0.3, 0.4) is 0 Å². The molecule has 2 fully saturated rings. The van der Waals surface area contributed by atoms with Crippen LogP contribution < -0.4 is 0 Å². The maximum atomic E-state index is 12.6. The number of pyridine rings is 1. The zero-order chi connectivity index (χ0) is 13.6. The Morgan fingerprint density at radius 2 is 1.84 bits per heavy atom. The molecule has 0 aromatic carbocycles. The Hall–Kier alpha value is -0.500. The Labute approximate surface area is 121 Å². The summed E-state index contributed by atoms with van der Waals surface area (Å²) in [4.78, 5) is 6.50. The van der Waals surface area contributed by atoms with E-state index >= 15 is 0 Å². The maximum Gasteiger partial charge on any atom is 0.244 e. The number of nitrogens with zero attached hydrogens (tertiary/aromatic N) is 3. The minimum Gasteiger partial charge on any atom is -0.306 e. The van der Waals surface area contributed by atoms with Crippen LogP contribution >= 0.6 is 15.9 Å². The van der Waals surface area contributed by atoms with Gasteiger partial charge in [-0.3, -0.25) is 4.98 Å². The van der Waals surface area contributed by atoms with E-state index in [0.29, 0.717) is 29.4 Å². The SMILES string of the molecule is CN1C[C@@H]2CN(S(=O)(=O)c3cncc(Br)c3)C[C@@H]2C1. The summed E-state index contributed by atoms with van der Waals surface area (Å²) < 4.78 is 27.4. The molecule has 2 aliphatic rings. The number of sulfonamides is 1. The predicted molar refractivity (Wildman–Crippen MR) is 75.2 cm³/mol. The van der Waals surface area contributed by atoms with Crippen molar-refractivity contribution >= 4 is 26.0 Å². The molecule has 7 heteroatoms. The van der Waals surface area contributed by atoms with Gasteiger partial charge in [0.05, 0.1) is 0 Å². The molecular weight excluding hydrogens is 330 g/mol. The number of fused-ring (bicyclic) bond motifs is 1. The zero-order valence-corrected chi connectivity index (χ0v) is 13.1. The zero-order valence-electron chi connectivity index (χ0n) is 10.7. The van der Waals surface area contributed by atoms with Gasteiger partial charge in [0.25, 0.3) is 0 Å². The quantitative estimate of drug-likeness (QED) is 0.803. The molecular formula is C12H16BrN3O2S. The first kappa shape index (κ1) is 13.5. The van der Waals surface area contributed by atoms with Gasteiger partial charge in [-0.1, -0.05) is 0 Å². The van der Waals surface area contributed by atoms with Crippen molar-refractivity contribution in [2.45, 2.75) is 4.90 Å². The van der Waals surface area contributed by atoms with Crippen molar-refractivity contribution in [3.05, 3.63) is 22.9 Å². The monoisotopic (exact) mass is 345 g/mol. The lowest BCUT2D eigenvalue weighted by atomic mass is 10.0. The highest BCUT2D eigenvalue weighted by atomic mass is 79.9. The van der Waals surface area contributed by atoms with Crippen LogP contribution in [-0.4, -0.2) is 55.8 Å². The number of hydrogen-bond acceptors (Lipinski definition) is 4.